The van der Waals surface area contributed by atoms with Crippen molar-refractivity contribution in [2.75, 3.05) is 33.2 Å². The van der Waals surface area contributed by atoms with Crippen LogP contribution in [-0.4, -0.2) is 64.0 Å². The van der Waals surface area contributed by atoms with Crippen molar-refractivity contribution in [3.8, 4) is 11.4 Å². The topological polar surface area (TPSA) is 45.2 Å². The van der Waals surface area contributed by atoms with Gasteiger partial charge in [-0.2, -0.15) is 0 Å². The minimum absolute atomic E-state index is 0.267. The molecule has 3 fully saturated rings. The highest BCUT2D eigenvalue weighted by atomic mass is 19.1. The molecule has 1 spiro atoms. The third-order valence-electron chi connectivity index (χ3n) is 7.06. The zero-order chi connectivity index (χ0) is 19.1. The first-order valence-corrected chi connectivity index (χ1v) is 10.5. The monoisotopic (exact) mass is 381 g/mol. The van der Waals surface area contributed by atoms with Gasteiger partial charge in [0.25, 0.3) is 0 Å². The molecule has 2 aromatic heterocycles. The van der Waals surface area contributed by atoms with E-state index in [0.717, 1.165) is 48.9 Å². The summed E-state index contributed by atoms with van der Waals surface area (Å²) in [4.78, 5) is 18.1. The highest BCUT2D eigenvalue weighted by molar-refractivity contribution is 5.58. The summed E-state index contributed by atoms with van der Waals surface area (Å²) in [6.45, 7) is 4.74. The second-order valence-electron chi connectivity index (χ2n) is 9.06. The molecular formula is C22H28FN5. The van der Waals surface area contributed by atoms with E-state index in [9.17, 15) is 4.39 Å². The van der Waals surface area contributed by atoms with E-state index in [-0.39, 0.29) is 5.82 Å². The van der Waals surface area contributed by atoms with Crippen LogP contribution in [-0.2, 0) is 0 Å². The molecule has 1 unspecified atom stereocenters. The van der Waals surface area contributed by atoms with E-state index in [4.69, 9.17) is 0 Å². The van der Waals surface area contributed by atoms with E-state index in [2.05, 4.69) is 31.8 Å². The van der Waals surface area contributed by atoms with Gasteiger partial charge in [-0.1, -0.05) is 0 Å². The van der Waals surface area contributed by atoms with Crippen molar-refractivity contribution in [3.05, 3.63) is 42.2 Å². The number of hydrogen-bond acceptors (Lipinski definition) is 5. The van der Waals surface area contributed by atoms with Gasteiger partial charge in [-0.25, -0.2) is 4.39 Å². The number of aromatic nitrogens is 3. The van der Waals surface area contributed by atoms with E-state index >= 15 is 0 Å². The second-order valence-corrected chi connectivity index (χ2v) is 9.06. The molecule has 5 nitrogen and oxygen atoms in total. The van der Waals surface area contributed by atoms with Gasteiger partial charge in [-0.3, -0.25) is 15.0 Å². The van der Waals surface area contributed by atoms with Gasteiger partial charge in [0.05, 0.1) is 18.1 Å². The highest BCUT2D eigenvalue weighted by Gasteiger charge is 2.48. The molecule has 2 aliphatic heterocycles. The van der Waals surface area contributed by atoms with Gasteiger partial charge < -0.3 is 9.80 Å². The Balaban J connectivity index is 1.28. The largest absolute Gasteiger partial charge is 0.305 e. The zero-order valence-corrected chi connectivity index (χ0v) is 16.5. The minimum Gasteiger partial charge on any atom is -0.305 e. The lowest BCUT2D eigenvalue weighted by atomic mass is 9.78. The van der Waals surface area contributed by atoms with Crippen LogP contribution >= 0.6 is 0 Å². The molecule has 1 saturated carbocycles. The molecule has 148 valence electrons. The second kappa shape index (κ2) is 7.16. The average molecular weight is 381 g/mol. The molecule has 28 heavy (non-hydrogen) atoms. The normalized spacial score (nSPS) is 25.9. The summed E-state index contributed by atoms with van der Waals surface area (Å²) in [5, 5.41) is 0. The molecule has 1 aliphatic carbocycles. The van der Waals surface area contributed by atoms with Gasteiger partial charge in [0.1, 0.15) is 11.5 Å². The Labute approximate surface area is 166 Å². The molecular weight excluding hydrogens is 353 g/mol. The van der Waals surface area contributed by atoms with Crippen LogP contribution in [0.1, 0.15) is 43.6 Å². The first-order chi connectivity index (χ1) is 13.6. The standard InChI is InChI=1S/C22H28FN5/c1-27-14-22(15-27)5-2-18(11-22)28-8-3-16(4-9-28)19-10-17(23)12-26-21(19)20-13-24-6-7-25-20/h6-7,10,12-13,16,18H,2-5,8-9,11,14-15H2,1H3. The maximum Gasteiger partial charge on any atom is 0.141 e. The number of hydrogen-bond donors (Lipinski definition) is 0. The van der Waals surface area contributed by atoms with Crippen molar-refractivity contribution in [2.45, 2.75) is 44.1 Å². The lowest BCUT2D eigenvalue weighted by molar-refractivity contribution is 0.0191. The first-order valence-electron chi connectivity index (χ1n) is 10.5. The minimum atomic E-state index is -0.267. The van der Waals surface area contributed by atoms with Gasteiger partial charge in [-0.15, -0.1) is 0 Å². The molecule has 5 rings (SSSR count). The Bertz CT molecular complexity index is 828. The van der Waals surface area contributed by atoms with E-state index in [1.807, 2.05) is 0 Å². The number of halogens is 1. The van der Waals surface area contributed by atoms with Gasteiger partial charge in [-0.05, 0) is 75.2 Å². The van der Waals surface area contributed by atoms with E-state index < -0.39 is 0 Å². The number of rotatable bonds is 3. The van der Waals surface area contributed by atoms with Crippen molar-refractivity contribution in [3.63, 3.8) is 0 Å². The first kappa shape index (κ1) is 18.1. The van der Waals surface area contributed by atoms with Crippen molar-refractivity contribution in [2.24, 2.45) is 5.41 Å². The molecule has 0 bridgehead atoms. The van der Waals surface area contributed by atoms with Crippen LogP contribution < -0.4 is 0 Å². The molecule has 3 aliphatic rings. The maximum absolute atomic E-state index is 14.0. The fourth-order valence-electron chi connectivity index (χ4n) is 5.85. The van der Waals surface area contributed by atoms with Crippen LogP contribution in [0.5, 0.6) is 0 Å². The Hall–Kier alpha value is -1.92. The van der Waals surface area contributed by atoms with Crippen LogP contribution in [0.3, 0.4) is 0 Å². The molecule has 2 saturated heterocycles. The van der Waals surface area contributed by atoms with Crippen LogP contribution in [0, 0.1) is 11.2 Å². The summed E-state index contributed by atoms with van der Waals surface area (Å²) in [6.07, 6.45) is 12.5. The Morgan fingerprint density at radius 2 is 1.89 bits per heavy atom. The van der Waals surface area contributed by atoms with E-state index in [1.165, 1.54) is 38.5 Å². The summed E-state index contributed by atoms with van der Waals surface area (Å²) < 4.78 is 14.0. The predicted molar refractivity (Wildman–Crippen MR) is 106 cm³/mol. The van der Waals surface area contributed by atoms with Gasteiger partial charge >= 0.3 is 0 Å². The van der Waals surface area contributed by atoms with Crippen LogP contribution in [0.25, 0.3) is 11.4 Å². The van der Waals surface area contributed by atoms with Gasteiger partial charge in [0.15, 0.2) is 0 Å². The Morgan fingerprint density at radius 3 is 2.61 bits per heavy atom. The zero-order valence-electron chi connectivity index (χ0n) is 16.5. The van der Waals surface area contributed by atoms with Gasteiger partial charge in [0.2, 0.25) is 0 Å². The number of likely N-dealkylation sites (tertiary alicyclic amines) is 2. The third-order valence-corrected chi connectivity index (χ3v) is 7.06. The molecule has 0 amide bonds. The lowest BCUT2D eigenvalue weighted by Crippen LogP contribution is -2.53. The molecule has 0 aromatic carbocycles. The summed E-state index contributed by atoms with van der Waals surface area (Å²) in [5.74, 6) is 0.0681. The van der Waals surface area contributed by atoms with Crippen molar-refractivity contribution >= 4 is 0 Å². The Kier molecular flexibility index (Phi) is 4.63. The summed E-state index contributed by atoms with van der Waals surface area (Å²) >= 11 is 0. The number of piperidine rings is 1. The summed E-state index contributed by atoms with van der Waals surface area (Å²) in [6, 6.07) is 2.39. The van der Waals surface area contributed by atoms with Crippen molar-refractivity contribution in [1.29, 1.82) is 0 Å². The fraction of sp³-hybridized carbons (Fsp3) is 0.591. The van der Waals surface area contributed by atoms with Gasteiger partial charge in [0, 0.05) is 31.5 Å². The predicted octanol–water partition coefficient (Wildman–Crippen LogP) is 3.34. The maximum atomic E-state index is 14.0. The Morgan fingerprint density at radius 1 is 1.07 bits per heavy atom. The highest BCUT2D eigenvalue weighted by Crippen LogP contribution is 2.47. The summed E-state index contributed by atoms with van der Waals surface area (Å²) in [7, 11) is 2.23. The summed E-state index contributed by atoms with van der Waals surface area (Å²) in [5.41, 5.74) is 3.10. The van der Waals surface area contributed by atoms with Crippen LogP contribution in [0.2, 0.25) is 0 Å². The molecule has 4 heterocycles. The number of pyridine rings is 1. The molecule has 2 aromatic rings. The van der Waals surface area contributed by atoms with Crippen molar-refractivity contribution in [1.82, 2.24) is 24.8 Å². The number of nitrogens with zero attached hydrogens (tertiary/aromatic N) is 5. The van der Waals surface area contributed by atoms with E-state index in [0.29, 0.717) is 11.3 Å². The quantitative estimate of drug-likeness (QED) is 0.816. The fourth-order valence-corrected chi connectivity index (χ4v) is 5.85. The van der Waals surface area contributed by atoms with Crippen LogP contribution in [0.4, 0.5) is 4.39 Å². The smallest absolute Gasteiger partial charge is 0.141 e. The molecule has 0 N–H and O–H groups in total. The average Bonchev–Trinajstić information content (AvgIpc) is 3.14. The van der Waals surface area contributed by atoms with Crippen molar-refractivity contribution < 1.29 is 4.39 Å². The molecule has 6 heteroatoms. The SMILES string of the molecule is CN1CC2(CCC(N3CCC(c4cc(F)cnc4-c4cnccn4)CC3)C2)C1. The molecule has 0 radical (unpaired) electrons. The third kappa shape index (κ3) is 3.33. The van der Waals surface area contributed by atoms with E-state index in [1.54, 1.807) is 24.7 Å². The lowest BCUT2D eigenvalue weighted by Gasteiger charge is -2.47. The van der Waals surface area contributed by atoms with Crippen LogP contribution in [0.15, 0.2) is 30.9 Å². The molecule has 1 atom stereocenters.